The van der Waals surface area contributed by atoms with Gasteiger partial charge in [0.05, 0.1) is 11.8 Å². The summed E-state index contributed by atoms with van der Waals surface area (Å²) in [6.45, 7) is 2.17. The molecule has 3 atom stereocenters. The second kappa shape index (κ2) is 6.79. The van der Waals surface area contributed by atoms with E-state index in [4.69, 9.17) is 4.42 Å². The van der Waals surface area contributed by atoms with Gasteiger partial charge in [0, 0.05) is 11.5 Å². The van der Waals surface area contributed by atoms with Crippen molar-refractivity contribution in [2.45, 2.75) is 38.8 Å². The Bertz CT molecular complexity index is 918. The Balaban J connectivity index is 1.39. The lowest BCUT2D eigenvalue weighted by Crippen LogP contribution is -2.22. The summed E-state index contributed by atoms with van der Waals surface area (Å²) >= 11 is 0. The highest BCUT2D eigenvalue weighted by atomic mass is 19.4. The van der Waals surface area contributed by atoms with E-state index in [2.05, 4.69) is 17.5 Å². The average molecular weight is 390 g/mol. The molecule has 2 aliphatic carbocycles. The Kier molecular flexibility index (Phi) is 4.56. The molecule has 1 N–H and O–H groups in total. The lowest BCUT2D eigenvalue weighted by molar-refractivity contribution is -0.137. The zero-order valence-corrected chi connectivity index (χ0v) is 15.4. The van der Waals surface area contributed by atoms with E-state index >= 15 is 0 Å². The van der Waals surface area contributed by atoms with E-state index in [0.717, 1.165) is 25.0 Å². The molecule has 4 rings (SSSR count). The number of carbonyl (C=O) groups excluding carboxylic acids is 1. The first-order valence-electron chi connectivity index (χ1n) is 9.39. The van der Waals surface area contributed by atoms with Crippen LogP contribution in [0.15, 0.2) is 45.9 Å². The number of amides is 1. The van der Waals surface area contributed by atoms with Crippen molar-refractivity contribution in [1.82, 2.24) is 5.43 Å². The fourth-order valence-corrected chi connectivity index (χ4v) is 4.51. The molecule has 2 aromatic rings. The number of nitrogens with one attached hydrogen (secondary N) is 1. The predicted octanol–water partition coefficient (Wildman–Crippen LogP) is 5.24. The molecule has 0 spiro atoms. The molecule has 0 unspecified atom stereocenters. The molecular formula is C21H21F3N2O2. The summed E-state index contributed by atoms with van der Waals surface area (Å²) in [5, 5.41) is 3.96. The van der Waals surface area contributed by atoms with Crippen LogP contribution in [0.5, 0.6) is 0 Å². The number of hydrogen-bond donors (Lipinski definition) is 1. The van der Waals surface area contributed by atoms with Crippen LogP contribution < -0.4 is 5.43 Å². The maximum absolute atomic E-state index is 12.8. The van der Waals surface area contributed by atoms with Crippen molar-refractivity contribution < 1.29 is 22.4 Å². The zero-order chi connectivity index (χ0) is 19.9. The number of rotatable bonds is 4. The van der Waals surface area contributed by atoms with E-state index in [1.54, 1.807) is 18.2 Å². The summed E-state index contributed by atoms with van der Waals surface area (Å²) < 4.78 is 44.1. The van der Waals surface area contributed by atoms with Gasteiger partial charge < -0.3 is 4.42 Å². The van der Waals surface area contributed by atoms with Crippen LogP contribution in [0.1, 0.15) is 43.9 Å². The molecule has 2 fully saturated rings. The van der Waals surface area contributed by atoms with Crippen molar-refractivity contribution >= 4 is 12.1 Å². The summed E-state index contributed by atoms with van der Waals surface area (Å²) in [6, 6.07) is 8.12. The summed E-state index contributed by atoms with van der Waals surface area (Å²) in [6.07, 6.45) is 1.48. The van der Waals surface area contributed by atoms with Crippen LogP contribution in [0.3, 0.4) is 0 Å². The normalized spacial score (nSPS) is 26.9. The number of hydrazone groups is 1. The second-order valence-electron chi connectivity index (χ2n) is 7.85. The van der Waals surface area contributed by atoms with Gasteiger partial charge >= 0.3 is 6.18 Å². The average Bonchev–Trinajstić information content (AvgIpc) is 3.02. The van der Waals surface area contributed by atoms with Crippen molar-refractivity contribution in [2.24, 2.45) is 22.4 Å². The maximum atomic E-state index is 12.8. The predicted molar refractivity (Wildman–Crippen MR) is 98.4 cm³/mol. The number of hydrogen-bond acceptors (Lipinski definition) is 3. The summed E-state index contributed by atoms with van der Waals surface area (Å²) in [4.78, 5) is 12.4. The van der Waals surface area contributed by atoms with Crippen LogP contribution in [-0.4, -0.2) is 12.1 Å². The lowest BCUT2D eigenvalue weighted by atomic mass is 9.90. The molecule has 7 heteroatoms. The van der Waals surface area contributed by atoms with Gasteiger partial charge in [0.25, 0.3) is 0 Å². The molecule has 0 saturated heterocycles. The fourth-order valence-electron chi connectivity index (χ4n) is 4.51. The van der Waals surface area contributed by atoms with Crippen LogP contribution in [0.25, 0.3) is 11.3 Å². The molecule has 4 nitrogen and oxygen atoms in total. The third-order valence-corrected chi connectivity index (χ3v) is 6.08. The molecular weight excluding hydrogens is 369 g/mol. The number of halogens is 3. The monoisotopic (exact) mass is 390 g/mol. The highest BCUT2D eigenvalue weighted by Gasteiger charge is 2.64. The molecule has 1 aromatic carbocycles. The number of carbonyl (C=O) groups is 1. The Morgan fingerprint density at radius 2 is 2.11 bits per heavy atom. The van der Waals surface area contributed by atoms with Gasteiger partial charge in [-0.3, -0.25) is 4.79 Å². The summed E-state index contributed by atoms with van der Waals surface area (Å²) in [7, 11) is 0. The minimum atomic E-state index is -4.41. The molecule has 148 valence electrons. The van der Waals surface area contributed by atoms with Crippen molar-refractivity contribution in [3.05, 3.63) is 47.7 Å². The van der Waals surface area contributed by atoms with E-state index in [9.17, 15) is 18.0 Å². The minimum absolute atomic E-state index is 0.0180. The molecule has 0 aliphatic heterocycles. The van der Waals surface area contributed by atoms with Crippen LogP contribution >= 0.6 is 0 Å². The van der Waals surface area contributed by atoms with E-state index < -0.39 is 11.7 Å². The van der Waals surface area contributed by atoms with Crippen molar-refractivity contribution in [1.29, 1.82) is 0 Å². The molecule has 1 aromatic heterocycles. The molecule has 2 saturated carbocycles. The molecule has 2 aliphatic rings. The van der Waals surface area contributed by atoms with Gasteiger partial charge in [-0.1, -0.05) is 31.9 Å². The largest absolute Gasteiger partial charge is 0.455 e. The Morgan fingerprint density at radius 1 is 1.29 bits per heavy atom. The van der Waals surface area contributed by atoms with Gasteiger partial charge in [0.15, 0.2) is 0 Å². The van der Waals surface area contributed by atoms with Crippen molar-refractivity contribution in [3.8, 4) is 11.3 Å². The summed E-state index contributed by atoms with van der Waals surface area (Å²) in [5.41, 5.74) is 2.28. The van der Waals surface area contributed by atoms with E-state index in [1.165, 1.54) is 25.1 Å². The topological polar surface area (TPSA) is 54.6 Å². The lowest BCUT2D eigenvalue weighted by Gasteiger charge is -2.15. The first-order valence-corrected chi connectivity index (χ1v) is 9.39. The molecule has 1 heterocycles. The number of nitrogens with zero attached hydrogens (tertiary/aromatic N) is 1. The molecule has 0 bridgehead atoms. The van der Waals surface area contributed by atoms with Crippen LogP contribution in [0, 0.1) is 17.3 Å². The molecule has 0 radical (unpaired) electrons. The zero-order valence-electron chi connectivity index (χ0n) is 15.4. The highest BCUT2D eigenvalue weighted by Crippen LogP contribution is 2.66. The van der Waals surface area contributed by atoms with Crippen LogP contribution in [0.4, 0.5) is 13.2 Å². The summed E-state index contributed by atoms with van der Waals surface area (Å²) in [5.74, 6) is 1.05. The Labute approximate surface area is 160 Å². The van der Waals surface area contributed by atoms with E-state index in [1.807, 2.05) is 0 Å². The third-order valence-electron chi connectivity index (χ3n) is 6.08. The van der Waals surface area contributed by atoms with Gasteiger partial charge in [0.2, 0.25) is 5.91 Å². The van der Waals surface area contributed by atoms with E-state index in [0.29, 0.717) is 23.0 Å². The number of furan rings is 1. The first-order chi connectivity index (χ1) is 13.3. The molecule has 28 heavy (non-hydrogen) atoms. The first kappa shape index (κ1) is 18.8. The maximum Gasteiger partial charge on any atom is 0.416 e. The second-order valence-corrected chi connectivity index (χ2v) is 7.85. The van der Waals surface area contributed by atoms with Gasteiger partial charge in [0.1, 0.15) is 11.5 Å². The highest BCUT2D eigenvalue weighted by molar-refractivity contribution is 5.85. The van der Waals surface area contributed by atoms with Gasteiger partial charge in [-0.15, -0.1) is 0 Å². The smallest absolute Gasteiger partial charge is 0.416 e. The van der Waals surface area contributed by atoms with Gasteiger partial charge in [-0.2, -0.15) is 18.3 Å². The standard InChI is InChI=1S/C21H21F3N2O2/c1-20-10-3-2-7-16(20)18(20)19(27)26-25-12-15-8-9-17(28-15)13-5-4-6-14(11-13)21(22,23)24/h4-6,8-9,11-12,16,18H,2-3,7,10H2,1H3,(H,26,27)/b25-12-/t16-,18+,20+/m1/s1. The minimum Gasteiger partial charge on any atom is -0.455 e. The number of benzene rings is 1. The van der Waals surface area contributed by atoms with Gasteiger partial charge in [-0.25, -0.2) is 5.43 Å². The fraction of sp³-hybridized carbons (Fsp3) is 0.429. The van der Waals surface area contributed by atoms with Crippen molar-refractivity contribution in [3.63, 3.8) is 0 Å². The van der Waals surface area contributed by atoms with Crippen LogP contribution in [0.2, 0.25) is 0 Å². The van der Waals surface area contributed by atoms with E-state index in [-0.39, 0.29) is 17.2 Å². The van der Waals surface area contributed by atoms with Crippen molar-refractivity contribution in [2.75, 3.05) is 0 Å². The van der Waals surface area contributed by atoms with Crippen LogP contribution in [-0.2, 0) is 11.0 Å². The SMILES string of the molecule is C[C@]12CCCC[C@@H]1[C@H]2C(=O)N/N=C\c1ccc(-c2cccc(C(F)(F)F)c2)o1. The molecule has 1 amide bonds. The Hall–Kier alpha value is -2.57. The Morgan fingerprint density at radius 3 is 2.82 bits per heavy atom. The van der Waals surface area contributed by atoms with Gasteiger partial charge in [-0.05, 0) is 48.4 Å². The quantitative estimate of drug-likeness (QED) is 0.573. The third kappa shape index (κ3) is 3.45. The number of alkyl halides is 3. The number of fused-ring (bicyclic) bond motifs is 1.